The lowest BCUT2D eigenvalue weighted by molar-refractivity contribution is -0.144. The lowest BCUT2D eigenvalue weighted by Gasteiger charge is -2.38. The highest BCUT2D eigenvalue weighted by atomic mass is 35.5. The van der Waals surface area contributed by atoms with Crippen LogP contribution in [0.5, 0.6) is 5.75 Å². The third-order valence-corrected chi connectivity index (χ3v) is 5.06. The molecule has 0 radical (unpaired) electrons. The summed E-state index contributed by atoms with van der Waals surface area (Å²) in [5.74, 6) is -0.729. The number of hydrogen-bond acceptors (Lipinski definition) is 4. The van der Waals surface area contributed by atoms with Crippen molar-refractivity contribution in [1.29, 1.82) is 0 Å². The summed E-state index contributed by atoms with van der Waals surface area (Å²) in [6.45, 7) is 5.46. The van der Waals surface area contributed by atoms with Crippen LogP contribution in [0, 0.1) is 0 Å². The molecular formula is C18H23Cl2NO5. The van der Waals surface area contributed by atoms with Crippen LogP contribution in [0.3, 0.4) is 0 Å². The average Bonchev–Trinajstić information content (AvgIpc) is 2.55. The summed E-state index contributed by atoms with van der Waals surface area (Å²) in [6, 6.07) is 2.33. The molecule has 144 valence electrons. The number of piperidine rings is 1. The van der Waals surface area contributed by atoms with E-state index in [0.29, 0.717) is 27.8 Å². The van der Waals surface area contributed by atoms with Gasteiger partial charge in [0.25, 0.3) is 0 Å². The highest BCUT2D eigenvalue weighted by Gasteiger charge is 2.40. The Morgan fingerprint density at radius 2 is 1.92 bits per heavy atom. The van der Waals surface area contributed by atoms with E-state index in [1.165, 1.54) is 12.0 Å². The summed E-state index contributed by atoms with van der Waals surface area (Å²) in [5.41, 5.74) is -0.0204. The van der Waals surface area contributed by atoms with Crippen molar-refractivity contribution in [3.05, 3.63) is 27.7 Å². The molecule has 26 heavy (non-hydrogen) atoms. The Balaban J connectivity index is 2.30. The minimum atomic E-state index is -1.09. The summed E-state index contributed by atoms with van der Waals surface area (Å²) in [7, 11) is 1.52. The molecule has 0 bridgehead atoms. The Kier molecular flexibility index (Phi) is 6.29. The zero-order chi connectivity index (χ0) is 19.6. The number of methoxy groups -OCH3 is 1. The second-order valence-electron chi connectivity index (χ2n) is 7.23. The van der Waals surface area contributed by atoms with Crippen molar-refractivity contribution in [2.75, 3.05) is 13.7 Å². The van der Waals surface area contributed by atoms with Gasteiger partial charge in [-0.2, -0.15) is 0 Å². The van der Waals surface area contributed by atoms with E-state index in [9.17, 15) is 14.7 Å². The standard InChI is InChI=1S/C18H23Cl2NO5/c1-18(2,3)26-17(24)21-8-7-10(9-12(21)16(22)23)14-13(25-4)6-5-11(19)15(14)20/h5-6,10,12H,7-9H2,1-4H3,(H,22,23)/t10-,12+/m1/s1. The van der Waals surface area contributed by atoms with Crippen molar-refractivity contribution in [3.63, 3.8) is 0 Å². The number of hydrogen-bond donors (Lipinski definition) is 1. The van der Waals surface area contributed by atoms with E-state index in [4.69, 9.17) is 32.7 Å². The van der Waals surface area contributed by atoms with Crippen LogP contribution >= 0.6 is 23.2 Å². The maximum Gasteiger partial charge on any atom is 0.411 e. The number of nitrogens with zero attached hydrogens (tertiary/aromatic N) is 1. The predicted octanol–water partition coefficient (Wildman–Crippen LogP) is 4.57. The van der Waals surface area contributed by atoms with Crippen LogP contribution in [-0.2, 0) is 9.53 Å². The fourth-order valence-electron chi connectivity index (χ4n) is 3.11. The van der Waals surface area contributed by atoms with Gasteiger partial charge in [0.1, 0.15) is 17.4 Å². The van der Waals surface area contributed by atoms with Crippen LogP contribution in [0.2, 0.25) is 10.0 Å². The molecule has 1 aliphatic heterocycles. The second kappa shape index (κ2) is 7.92. The summed E-state index contributed by atoms with van der Waals surface area (Å²) < 4.78 is 10.7. The van der Waals surface area contributed by atoms with Crippen LogP contribution in [0.25, 0.3) is 0 Å². The molecule has 6 nitrogen and oxygen atoms in total. The third kappa shape index (κ3) is 4.54. The molecule has 0 unspecified atom stereocenters. The number of carboxylic acid groups (broad SMARTS) is 1. The summed E-state index contributed by atoms with van der Waals surface area (Å²) in [4.78, 5) is 25.4. The largest absolute Gasteiger partial charge is 0.496 e. The van der Waals surface area contributed by atoms with Gasteiger partial charge in [0.2, 0.25) is 0 Å². The van der Waals surface area contributed by atoms with Gasteiger partial charge < -0.3 is 14.6 Å². The molecule has 1 heterocycles. The Morgan fingerprint density at radius 1 is 1.27 bits per heavy atom. The Morgan fingerprint density at radius 3 is 2.46 bits per heavy atom. The fourth-order valence-corrected chi connectivity index (χ4v) is 3.58. The first-order valence-electron chi connectivity index (χ1n) is 8.29. The van der Waals surface area contributed by atoms with Gasteiger partial charge in [0.05, 0.1) is 17.2 Å². The molecule has 2 atom stereocenters. The van der Waals surface area contributed by atoms with E-state index >= 15 is 0 Å². The quantitative estimate of drug-likeness (QED) is 0.799. The lowest BCUT2D eigenvalue weighted by Crippen LogP contribution is -2.51. The molecular weight excluding hydrogens is 381 g/mol. The molecule has 1 fully saturated rings. The Labute approximate surface area is 163 Å². The van der Waals surface area contributed by atoms with Gasteiger partial charge >= 0.3 is 12.1 Å². The SMILES string of the molecule is COc1ccc(Cl)c(Cl)c1[C@@H]1CCN(C(=O)OC(C)(C)C)[C@H](C(=O)O)C1. The molecule has 0 saturated carbocycles. The van der Waals surface area contributed by atoms with Crippen LogP contribution < -0.4 is 4.74 Å². The van der Waals surface area contributed by atoms with Crippen molar-refractivity contribution in [3.8, 4) is 5.75 Å². The smallest absolute Gasteiger partial charge is 0.411 e. The number of rotatable bonds is 3. The lowest BCUT2D eigenvalue weighted by atomic mass is 9.84. The zero-order valence-electron chi connectivity index (χ0n) is 15.2. The number of likely N-dealkylation sites (tertiary alicyclic amines) is 1. The Bertz CT molecular complexity index is 702. The minimum absolute atomic E-state index is 0.198. The van der Waals surface area contributed by atoms with Gasteiger partial charge in [0.15, 0.2) is 0 Å². The van der Waals surface area contributed by atoms with E-state index in [2.05, 4.69) is 0 Å². The number of ether oxygens (including phenoxy) is 2. The van der Waals surface area contributed by atoms with Gasteiger partial charge in [-0.15, -0.1) is 0 Å². The molecule has 1 aliphatic rings. The van der Waals surface area contributed by atoms with Crippen molar-refractivity contribution >= 4 is 35.3 Å². The number of carbonyl (C=O) groups excluding carboxylic acids is 1. The number of carboxylic acids is 1. The van der Waals surface area contributed by atoms with E-state index in [0.717, 1.165) is 0 Å². The molecule has 2 rings (SSSR count). The molecule has 0 spiro atoms. The third-order valence-electron chi connectivity index (χ3n) is 4.24. The summed E-state index contributed by atoms with van der Waals surface area (Å²) >= 11 is 12.5. The first-order chi connectivity index (χ1) is 12.0. The van der Waals surface area contributed by atoms with Crippen molar-refractivity contribution < 1.29 is 24.2 Å². The van der Waals surface area contributed by atoms with Crippen LogP contribution in [-0.4, -0.2) is 47.4 Å². The normalized spacial score (nSPS) is 20.6. The molecule has 0 aliphatic carbocycles. The maximum atomic E-state index is 12.4. The van der Waals surface area contributed by atoms with Gasteiger partial charge in [-0.25, -0.2) is 9.59 Å². The topological polar surface area (TPSA) is 76.1 Å². The first-order valence-corrected chi connectivity index (χ1v) is 9.05. The van der Waals surface area contributed by atoms with E-state index in [1.807, 2.05) is 0 Å². The molecule has 1 saturated heterocycles. The van der Waals surface area contributed by atoms with Gasteiger partial charge in [0, 0.05) is 12.1 Å². The molecule has 0 aromatic heterocycles. The number of carbonyl (C=O) groups is 2. The number of amides is 1. The second-order valence-corrected chi connectivity index (χ2v) is 8.01. The molecule has 1 aromatic rings. The van der Waals surface area contributed by atoms with E-state index < -0.39 is 23.7 Å². The van der Waals surface area contributed by atoms with E-state index in [-0.39, 0.29) is 18.9 Å². The Hall–Kier alpha value is -1.66. The predicted molar refractivity (Wildman–Crippen MR) is 99.4 cm³/mol. The van der Waals surface area contributed by atoms with Crippen LogP contribution in [0.1, 0.15) is 45.1 Å². The van der Waals surface area contributed by atoms with Crippen molar-refractivity contribution in [2.24, 2.45) is 0 Å². The van der Waals surface area contributed by atoms with Crippen LogP contribution in [0.4, 0.5) is 4.79 Å². The van der Waals surface area contributed by atoms with Crippen LogP contribution in [0.15, 0.2) is 12.1 Å². The number of aliphatic carboxylic acids is 1. The molecule has 1 aromatic carbocycles. The highest BCUT2D eigenvalue weighted by Crippen LogP contribution is 2.43. The monoisotopic (exact) mass is 403 g/mol. The minimum Gasteiger partial charge on any atom is -0.496 e. The molecule has 1 amide bonds. The summed E-state index contributed by atoms with van der Waals surface area (Å²) in [5, 5.41) is 10.4. The zero-order valence-corrected chi connectivity index (χ0v) is 16.7. The van der Waals surface area contributed by atoms with E-state index in [1.54, 1.807) is 32.9 Å². The van der Waals surface area contributed by atoms with Gasteiger partial charge in [-0.1, -0.05) is 23.2 Å². The maximum absolute atomic E-state index is 12.4. The van der Waals surface area contributed by atoms with Gasteiger partial charge in [-0.3, -0.25) is 4.90 Å². The van der Waals surface area contributed by atoms with Gasteiger partial charge in [-0.05, 0) is 51.7 Å². The average molecular weight is 404 g/mol. The first kappa shape index (κ1) is 20.6. The number of benzene rings is 1. The number of halogens is 2. The molecule has 1 N–H and O–H groups in total. The van der Waals surface area contributed by atoms with Crippen molar-refractivity contribution in [1.82, 2.24) is 4.90 Å². The highest BCUT2D eigenvalue weighted by molar-refractivity contribution is 6.42. The molecule has 8 heteroatoms. The van der Waals surface area contributed by atoms with Crippen molar-refractivity contribution in [2.45, 2.75) is 51.2 Å². The fraction of sp³-hybridized carbons (Fsp3) is 0.556. The summed E-state index contributed by atoms with van der Waals surface area (Å²) in [6.07, 6.45) is 0.0947.